The molecule has 0 aromatic heterocycles. The molecule has 2 saturated carbocycles. The quantitative estimate of drug-likeness (QED) is 0.653. The van der Waals surface area contributed by atoms with Crippen molar-refractivity contribution < 1.29 is 23.9 Å². The molecule has 2 bridgehead atoms. The molecule has 0 N–H and O–H groups in total. The lowest BCUT2D eigenvalue weighted by molar-refractivity contribution is -0.141. The van der Waals surface area contributed by atoms with Crippen molar-refractivity contribution in [2.75, 3.05) is 41.4 Å². The number of likely N-dealkylation sites (N-methyl/N-ethyl adjacent to an activating group) is 1. The molecule has 3 fully saturated rings. The topological polar surface area (TPSA) is 80.7 Å². The van der Waals surface area contributed by atoms with Gasteiger partial charge in [-0.25, -0.2) is 0 Å². The van der Waals surface area contributed by atoms with E-state index in [9.17, 15) is 9.59 Å². The van der Waals surface area contributed by atoms with Crippen LogP contribution in [0, 0.1) is 29.6 Å². The summed E-state index contributed by atoms with van der Waals surface area (Å²) in [6.45, 7) is 1.11. The van der Waals surface area contributed by atoms with Crippen LogP contribution in [-0.2, 0) is 14.4 Å². The maximum Gasteiger partial charge on any atom is 0.233 e. The summed E-state index contributed by atoms with van der Waals surface area (Å²) in [5, 5.41) is 4.41. The van der Waals surface area contributed by atoms with E-state index in [1.54, 1.807) is 14.2 Å². The number of para-hydroxylation sites is 1. The Morgan fingerprint density at radius 3 is 2.50 bits per heavy atom. The van der Waals surface area contributed by atoms with Crippen molar-refractivity contribution in [1.82, 2.24) is 9.80 Å². The van der Waals surface area contributed by atoms with E-state index < -0.39 is 0 Å². The maximum atomic E-state index is 13.2. The minimum atomic E-state index is -0.271. The van der Waals surface area contributed by atoms with Gasteiger partial charge in [-0.05, 0) is 38.6 Å². The Bertz CT molecular complexity index is 929. The smallest absolute Gasteiger partial charge is 0.233 e. The van der Waals surface area contributed by atoms with Gasteiger partial charge >= 0.3 is 0 Å². The Hall–Kier alpha value is -2.61. The van der Waals surface area contributed by atoms with Crippen LogP contribution < -0.4 is 9.47 Å². The fourth-order valence-electron chi connectivity index (χ4n) is 6.02. The third-order valence-corrected chi connectivity index (χ3v) is 7.23. The van der Waals surface area contributed by atoms with Crippen molar-refractivity contribution in [2.45, 2.75) is 12.5 Å². The fourth-order valence-corrected chi connectivity index (χ4v) is 6.02. The number of amides is 2. The first-order valence-electron chi connectivity index (χ1n) is 10.4. The summed E-state index contributed by atoms with van der Waals surface area (Å²) in [4.78, 5) is 35.6. The molecule has 5 rings (SSSR count). The number of carbonyl (C=O) groups is 2. The molecule has 2 amide bonds. The summed E-state index contributed by atoms with van der Waals surface area (Å²) >= 11 is 0. The molecule has 0 unspecified atom stereocenters. The van der Waals surface area contributed by atoms with E-state index in [1.165, 1.54) is 4.90 Å². The lowest BCUT2D eigenvalue weighted by atomic mass is 9.71. The van der Waals surface area contributed by atoms with Gasteiger partial charge in [-0.1, -0.05) is 11.2 Å². The van der Waals surface area contributed by atoms with Crippen LogP contribution in [0.2, 0.25) is 0 Å². The van der Waals surface area contributed by atoms with Crippen molar-refractivity contribution in [1.29, 1.82) is 0 Å². The Kier molecular flexibility index (Phi) is 4.50. The molecule has 2 heterocycles. The first-order chi connectivity index (χ1) is 14.5. The number of methoxy groups -OCH3 is 2. The molecule has 30 heavy (non-hydrogen) atoms. The van der Waals surface area contributed by atoms with Crippen LogP contribution in [-0.4, -0.2) is 74.8 Å². The SMILES string of the molecule is COc1cccc(C2=NO[C@H]3[C@H]4C[C@@H]([C@@H]23)[C@@H]2C(=O)N(CCN(C)C)C(=O)[C@H]42)c1OC. The van der Waals surface area contributed by atoms with Crippen molar-refractivity contribution in [2.24, 2.45) is 34.7 Å². The van der Waals surface area contributed by atoms with Gasteiger partial charge < -0.3 is 19.2 Å². The van der Waals surface area contributed by atoms with Crippen LogP contribution in [0.15, 0.2) is 23.4 Å². The molecule has 1 saturated heterocycles. The standard InChI is InChI=1S/C22H27N3O5/c1-24(2)8-9-25-21(26)15-12-10-13(16(15)22(25)27)20-17(12)18(23-30-20)11-6-5-7-14(28-3)19(11)29-4/h5-7,12-13,15-17,20H,8-10H2,1-4H3/t12-,13+,15+,16-,17+,20+/m1/s1. The number of rotatable bonds is 6. The van der Waals surface area contributed by atoms with Crippen molar-refractivity contribution in [3.05, 3.63) is 23.8 Å². The lowest BCUT2D eigenvalue weighted by Crippen LogP contribution is -2.41. The van der Waals surface area contributed by atoms with Gasteiger partial charge in [-0.3, -0.25) is 14.5 Å². The second-order valence-corrected chi connectivity index (χ2v) is 8.86. The van der Waals surface area contributed by atoms with Gasteiger partial charge in [-0.2, -0.15) is 0 Å². The first kappa shape index (κ1) is 19.4. The Morgan fingerprint density at radius 2 is 1.83 bits per heavy atom. The van der Waals surface area contributed by atoms with Crippen molar-refractivity contribution >= 4 is 17.5 Å². The molecule has 6 atom stereocenters. The first-order valence-corrected chi connectivity index (χ1v) is 10.4. The molecule has 8 heteroatoms. The monoisotopic (exact) mass is 413 g/mol. The minimum absolute atomic E-state index is 0.0113. The number of hydrogen-bond donors (Lipinski definition) is 0. The van der Waals surface area contributed by atoms with Gasteiger partial charge in [0.15, 0.2) is 11.5 Å². The second-order valence-electron chi connectivity index (χ2n) is 8.86. The number of hydrogen-bond acceptors (Lipinski definition) is 7. The number of benzene rings is 1. The highest BCUT2D eigenvalue weighted by Crippen LogP contribution is 2.62. The third kappa shape index (κ3) is 2.52. The van der Waals surface area contributed by atoms with Gasteiger partial charge in [0, 0.05) is 30.5 Å². The number of fused-ring (bicyclic) bond motifs is 8. The average Bonchev–Trinajstić information content (AvgIpc) is 3.46. The summed E-state index contributed by atoms with van der Waals surface area (Å²) in [6, 6.07) is 5.69. The van der Waals surface area contributed by atoms with Crippen LogP contribution in [0.3, 0.4) is 0 Å². The highest BCUT2D eigenvalue weighted by molar-refractivity contribution is 6.10. The normalized spacial score (nSPS) is 33.6. The van der Waals surface area contributed by atoms with Crippen LogP contribution in [0.5, 0.6) is 11.5 Å². The Balaban J connectivity index is 1.46. The molecule has 2 aliphatic carbocycles. The number of carbonyl (C=O) groups excluding carboxylic acids is 2. The molecule has 4 aliphatic rings. The van der Waals surface area contributed by atoms with Crippen LogP contribution in [0.4, 0.5) is 0 Å². The van der Waals surface area contributed by atoms with E-state index in [-0.39, 0.29) is 47.5 Å². The zero-order valence-electron chi connectivity index (χ0n) is 17.7. The Morgan fingerprint density at radius 1 is 1.10 bits per heavy atom. The molecular formula is C22H27N3O5. The molecule has 0 spiro atoms. The van der Waals surface area contributed by atoms with Crippen molar-refractivity contribution in [3.8, 4) is 11.5 Å². The average molecular weight is 413 g/mol. The number of likely N-dealkylation sites (tertiary alicyclic amines) is 1. The van der Waals surface area contributed by atoms with Gasteiger partial charge in [0.1, 0.15) is 6.10 Å². The van der Waals surface area contributed by atoms with Crippen LogP contribution in [0.25, 0.3) is 0 Å². The molecule has 8 nitrogen and oxygen atoms in total. The molecule has 1 aromatic carbocycles. The number of ether oxygens (including phenoxy) is 2. The molecule has 1 aromatic rings. The van der Waals surface area contributed by atoms with E-state index >= 15 is 0 Å². The van der Waals surface area contributed by atoms with E-state index in [2.05, 4.69) is 5.16 Å². The lowest BCUT2D eigenvalue weighted by Gasteiger charge is -2.30. The van der Waals surface area contributed by atoms with Gasteiger partial charge in [0.2, 0.25) is 11.8 Å². The number of oxime groups is 1. The van der Waals surface area contributed by atoms with Gasteiger partial charge in [-0.15, -0.1) is 0 Å². The molecule has 0 radical (unpaired) electrons. The fraction of sp³-hybridized carbons (Fsp3) is 0.591. The van der Waals surface area contributed by atoms with E-state index in [1.807, 2.05) is 37.2 Å². The third-order valence-electron chi connectivity index (χ3n) is 7.23. The highest BCUT2D eigenvalue weighted by Gasteiger charge is 2.70. The molecule has 160 valence electrons. The zero-order valence-corrected chi connectivity index (χ0v) is 17.7. The maximum absolute atomic E-state index is 13.2. The predicted octanol–water partition coefficient (Wildman–Crippen LogP) is 1.24. The minimum Gasteiger partial charge on any atom is -0.493 e. The largest absolute Gasteiger partial charge is 0.493 e. The predicted molar refractivity (Wildman–Crippen MR) is 108 cm³/mol. The van der Waals surface area contributed by atoms with Crippen LogP contribution in [0.1, 0.15) is 12.0 Å². The summed E-state index contributed by atoms with van der Waals surface area (Å²) in [7, 11) is 7.09. The van der Waals surface area contributed by atoms with E-state index in [0.717, 1.165) is 17.7 Å². The van der Waals surface area contributed by atoms with Crippen molar-refractivity contribution in [3.63, 3.8) is 0 Å². The van der Waals surface area contributed by atoms with E-state index in [0.29, 0.717) is 24.6 Å². The summed E-state index contributed by atoms with van der Waals surface area (Å²) in [6.07, 6.45) is 0.669. The second kappa shape index (κ2) is 6.97. The van der Waals surface area contributed by atoms with E-state index in [4.69, 9.17) is 14.3 Å². The molecular weight excluding hydrogens is 386 g/mol. The number of nitrogens with zero attached hydrogens (tertiary/aromatic N) is 3. The summed E-state index contributed by atoms with van der Waals surface area (Å²) in [5.74, 6) is 0.722. The van der Waals surface area contributed by atoms with Gasteiger partial charge in [0.25, 0.3) is 0 Å². The highest BCUT2D eigenvalue weighted by atomic mass is 16.6. The summed E-state index contributed by atoms with van der Waals surface area (Å²) < 4.78 is 11.0. The molecule has 2 aliphatic heterocycles. The van der Waals surface area contributed by atoms with Gasteiger partial charge in [0.05, 0.1) is 31.8 Å². The van der Waals surface area contributed by atoms with Crippen LogP contribution >= 0.6 is 0 Å². The Labute approximate surface area is 175 Å². The zero-order chi connectivity index (χ0) is 21.2. The number of imide groups is 1. The summed E-state index contributed by atoms with van der Waals surface area (Å²) in [5.41, 5.74) is 1.63.